The van der Waals surface area contributed by atoms with E-state index in [4.69, 9.17) is 0 Å². The van der Waals surface area contributed by atoms with E-state index in [0.29, 0.717) is 11.5 Å². The molecule has 88 valence electrons. The maximum absolute atomic E-state index is 9.89. The predicted octanol–water partition coefficient (Wildman–Crippen LogP) is 2.41. The van der Waals surface area contributed by atoms with Crippen LogP contribution in [-0.4, -0.2) is 35.2 Å². The number of hydrogen-bond donors (Lipinski definition) is 1. The van der Waals surface area contributed by atoms with E-state index in [1.54, 1.807) is 0 Å². The molecule has 1 saturated heterocycles. The minimum atomic E-state index is -0.0454. The van der Waals surface area contributed by atoms with Crippen LogP contribution in [0.4, 0.5) is 0 Å². The molecule has 1 saturated carbocycles. The Labute approximate surface area is 93.7 Å². The molecule has 0 bridgehead atoms. The lowest BCUT2D eigenvalue weighted by Crippen LogP contribution is -2.47. The minimum absolute atomic E-state index is 0.0454. The van der Waals surface area contributed by atoms with E-state index in [-0.39, 0.29) is 6.10 Å². The van der Waals surface area contributed by atoms with Gasteiger partial charge in [-0.25, -0.2) is 0 Å². The fraction of sp³-hybridized carbons (Fsp3) is 1.00. The second-order valence-electron chi connectivity index (χ2n) is 5.77. The highest BCUT2D eigenvalue weighted by molar-refractivity contribution is 4.90. The van der Waals surface area contributed by atoms with Crippen LogP contribution in [0.5, 0.6) is 0 Å². The normalized spacial score (nSPS) is 37.0. The molecule has 2 heteroatoms. The Morgan fingerprint density at radius 1 is 1.27 bits per heavy atom. The van der Waals surface area contributed by atoms with Crippen molar-refractivity contribution >= 4 is 0 Å². The molecule has 0 aromatic rings. The van der Waals surface area contributed by atoms with Crippen molar-refractivity contribution in [2.45, 2.75) is 64.5 Å². The summed E-state index contributed by atoms with van der Waals surface area (Å²) in [5.41, 5.74) is 0.570. The summed E-state index contributed by atoms with van der Waals surface area (Å²) in [7, 11) is 0. The van der Waals surface area contributed by atoms with Gasteiger partial charge in [-0.2, -0.15) is 0 Å². The van der Waals surface area contributed by atoms with E-state index in [2.05, 4.69) is 18.7 Å². The Hall–Kier alpha value is -0.0800. The quantitative estimate of drug-likeness (QED) is 0.758. The van der Waals surface area contributed by atoms with Crippen LogP contribution < -0.4 is 0 Å². The molecule has 2 fully saturated rings. The molecule has 0 unspecified atom stereocenters. The molecule has 15 heavy (non-hydrogen) atoms. The van der Waals surface area contributed by atoms with Gasteiger partial charge in [0.05, 0.1) is 6.10 Å². The Kier molecular flexibility index (Phi) is 3.36. The molecule has 2 nitrogen and oxygen atoms in total. The van der Waals surface area contributed by atoms with Gasteiger partial charge in [0, 0.05) is 6.04 Å². The van der Waals surface area contributed by atoms with Crippen molar-refractivity contribution in [2.75, 3.05) is 13.1 Å². The van der Waals surface area contributed by atoms with E-state index >= 15 is 0 Å². The molecule has 1 heterocycles. The smallest absolute Gasteiger partial charge is 0.0695 e. The van der Waals surface area contributed by atoms with Crippen molar-refractivity contribution in [1.82, 2.24) is 4.90 Å². The highest BCUT2D eigenvalue weighted by Gasteiger charge is 2.35. The molecule has 1 N–H and O–H groups in total. The zero-order valence-electron chi connectivity index (χ0n) is 10.2. The van der Waals surface area contributed by atoms with E-state index < -0.39 is 0 Å². The van der Waals surface area contributed by atoms with Crippen molar-refractivity contribution in [3.05, 3.63) is 0 Å². The van der Waals surface area contributed by atoms with Crippen molar-refractivity contribution in [2.24, 2.45) is 5.41 Å². The summed E-state index contributed by atoms with van der Waals surface area (Å²) in [6.07, 6.45) is 7.33. The first-order valence-electron chi connectivity index (χ1n) is 6.57. The fourth-order valence-corrected chi connectivity index (χ4v) is 3.10. The lowest BCUT2D eigenvalue weighted by Gasteiger charge is -2.42. The summed E-state index contributed by atoms with van der Waals surface area (Å²) >= 11 is 0. The molecule has 0 spiro atoms. The lowest BCUT2D eigenvalue weighted by atomic mass is 9.78. The number of aliphatic hydroxyl groups excluding tert-OH is 1. The summed E-state index contributed by atoms with van der Waals surface area (Å²) < 4.78 is 0. The van der Waals surface area contributed by atoms with Gasteiger partial charge in [0.2, 0.25) is 0 Å². The molecular formula is C13H25NO. The zero-order valence-corrected chi connectivity index (χ0v) is 10.2. The van der Waals surface area contributed by atoms with Gasteiger partial charge < -0.3 is 5.11 Å². The van der Waals surface area contributed by atoms with Crippen LogP contribution in [0, 0.1) is 5.41 Å². The van der Waals surface area contributed by atoms with Gasteiger partial charge in [0.15, 0.2) is 0 Å². The third kappa shape index (κ3) is 2.36. The van der Waals surface area contributed by atoms with Crippen molar-refractivity contribution in [1.29, 1.82) is 0 Å². The average Bonchev–Trinajstić information content (AvgIpc) is 2.66. The third-order valence-corrected chi connectivity index (χ3v) is 4.77. The molecule has 0 aromatic carbocycles. The first-order chi connectivity index (χ1) is 7.14. The van der Waals surface area contributed by atoms with Crippen LogP contribution in [0.15, 0.2) is 0 Å². The highest BCUT2D eigenvalue weighted by Crippen LogP contribution is 2.36. The number of rotatable bonds is 2. The van der Waals surface area contributed by atoms with Crippen molar-refractivity contribution < 1.29 is 5.11 Å². The average molecular weight is 211 g/mol. The maximum Gasteiger partial charge on any atom is 0.0695 e. The zero-order chi connectivity index (χ0) is 10.9. The monoisotopic (exact) mass is 211 g/mol. The van der Waals surface area contributed by atoms with Gasteiger partial charge in [0.25, 0.3) is 0 Å². The molecule has 0 radical (unpaired) electrons. The number of piperidine rings is 1. The predicted molar refractivity (Wildman–Crippen MR) is 62.9 cm³/mol. The summed E-state index contributed by atoms with van der Waals surface area (Å²) in [5, 5.41) is 9.89. The first kappa shape index (κ1) is 11.4. The molecular weight excluding hydrogens is 186 g/mol. The van der Waals surface area contributed by atoms with Crippen molar-refractivity contribution in [3.8, 4) is 0 Å². The first-order valence-corrected chi connectivity index (χ1v) is 6.57. The Morgan fingerprint density at radius 2 is 1.93 bits per heavy atom. The molecule has 0 aromatic heterocycles. The largest absolute Gasteiger partial charge is 0.391 e. The third-order valence-electron chi connectivity index (χ3n) is 4.77. The van der Waals surface area contributed by atoms with Crippen LogP contribution in [0.3, 0.4) is 0 Å². The maximum atomic E-state index is 9.89. The molecule has 2 atom stereocenters. The lowest BCUT2D eigenvalue weighted by molar-refractivity contribution is 0.0269. The Balaban J connectivity index is 1.88. The topological polar surface area (TPSA) is 23.5 Å². The second-order valence-corrected chi connectivity index (χ2v) is 5.77. The van der Waals surface area contributed by atoms with Gasteiger partial charge >= 0.3 is 0 Å². The molecule has 1 aliphatic heterocycles. The van der Waals surface area contributed by atoms with E-state index in [1.807, 2.05) is 0 Å². The van der Waals surface area contributed by atoms with E-state index in [0.717, 1.165) is 6.42 Å². The van der Waals surface area contributed by atoms with Crippen LogP contribution in [0.25, 0.3) is 0 Å². The SMILES string of the molecule is CCC1(C)CCN([C@H]2CCC[C@@H]2O)CC1. The van der Waals surface area contributed by atoms with Gasteiger partial charge in [-0.1, -0.05) is 20.3 Å². The molecule has 0 amide bonds. The number of nitrogens with zero attached hydrogens (tertiary/aromatic N) is 1. The van der Waals surface area contributed by atoms with Gasteiger partial charge in [-0.3, -0.25) is 4.90 Å². The van der Waals surface area contributed by atoms with E-state index in [9.17, 15) is 5.11 Å². The van der Waals surface area contributed by atoms with Gasteiger partial charge in [-0.15, -0.1) is 0 Å². The van der Waals surface area contributed by atoms with Crippen LogP contribution in [-0.2, 0) is 0 Å². The standard InChI is InChI=1S/C13H25NO/c1-3-13(2)7-9-14(10-8-13)11-5-4-6-12(11)15/h11-12,15H,3-10H2,1-2H3/t11-,12-/m0/s1. The second kappa shape index (κ2) is 4.42. The summed E-state index contributed by atoms with van der Waals surface area (Å²) in [6.45, 7) is 7.12. The summed E-state index contributed by atoms with van der Waals surface area (Å²) in [6, 6.07) is 0.478. The molecule has 2 rings (SSSR count). The number of aliphatic hydroxyl groups is 1. The number of hydrogen-bond acceptors (Lipinski definition) is 2. The summed E-state index contributed by atoms with van der Waals surface area (Å²) in [5.74, 6) is 0. The van der Waals surface area contributed by atoms with Gasteiger partial charge in [-0.05, 0) is 50.6 Å². The molecule has 2 aliphatic rings. The van der Waals surface area contributed by atoms with Crippen molar-refractivity contribution in [3.63, 3.8) is 0 Å². The molecule has 1 aliphatic carbocycles. The summed E-state index contributed by atoms with van der Waals surface area (Å²) in [4.78, 5) is 2.54. The Morgan fingerprint density at radius 3 is 2.40 bits per heavy atom. The van der Waals surface area contributed by atoms with Crippen LogP contribution in [0.2, 0.25) is 0 Å². The van der Waals surface area contributed by atoms with Crippen LogP contribution in [0.1, 0.15) is 52.4 Å². The minimum Gasteiger partial charge on any atom is -0.391 e. The van der Waals surface area contributed by atoms with Crippen LogP contribution >= 0.6 is 0 Å². The number of likely N-dealkylation sites (tertiary alicyclic amines) is 1. The fourth-order valence-electron chi connectivity index (χ4n) is 3.10. The van der Waals surface area contributed by atoms with Gasteiger partial charge in [0.1, 0.15) is 0 Å². The van der Waals surface area contributed by atoms with E-state index in [1.165, 1.54) is 45.2 Å². The Bertz CT molecular complexity index is 209. The highest BCUT2D eigenvalue weighted by atomic mass is 16.3.